The van der Waals surface area contributed by atoms with Gasteiger partial charge in [-0.25, -0.2) is 0 Å². The van der Waals surface area contributed by atoms with Crippen LogP contribution in [0, 0.1) is 11.3 Å². The summed E-state index contributed by atoms with van der Waals surface area (Å²) in [6.07, 6.45) is 2.14. The molecule has 5 nitrogen and oxygen atoms in total. The lowest BCUT2D eigenvalue weighted by molar-refractivity contribution is -0.132. The molecule has 0 spiro atoms. The highest BCUT2D eigenvalue weighted by Gasteiger charge is 2.29. The van der Waals surface area contributed by atoms with Crippen molar-refractivity contribution in [2.45, 2.75) is 18.9 Å². The first-order chi connectivity index (χ1) is 8.61. The summed E-state index contributed by atoms with van der Waals surface area (Å²) >= 11 is 0. The van der Waals surface area contributed by atoms with Crippen molar-refractivity contribution >= 4 is 11.6 Å². The van der Waals surface area contributed by atoms with Crippen molar-refractivity contribution in [3.63, 3.8) is 0 Å². The van der Waals surface area contributed by atoms with Crippen molar-refractivity contribution in [3.05, 3.63) is 23.8 Å². The Labute approximate surface area is 106 Å². The number of hydrogen-bond donors (Lipinski definition) is 1. The van der Waals surface area contributed by atoms with Crippen LogP contribution < -0.4 is 10.5 Å². The molecule has 0 bridgehead atoms. The summed E-state index contributed by atoms with van der Waals surface area (Å²) in [4.78, 5) is 13.4. The molecule has 2 rings (SSSR count). The van der Waals surface area contributed by atoms with E-state index in [2.05, 4.69) is 0 Å². The monoisotopic (exact) mass is 245 g/mol. The summed E-state index contributed by atoms with van der Waals surface area (Å²) in [6, 6.07) is 7.12. The van der Waals surface area contributed by atoms with Crippen molar-refractivity contribution in [1.82, 2.24) is 4.90 Å². The summed E-state index contributed by atoms with van der Waals surface area (Å²) in [5.74, 6) is 0.382. The highest BCUT2D eigenvalue weighted by atomic mass is 16.5. The number of likely N-dealkylation sites (N-methyl/N-ethyl adjacent to an activating group) is 1. The number of nitrogens with two attached hydrogens (primary N) is 1. The summed E-state index contributed by atoms with van der Waals surface area (Å²) in [5.41, 5.74) is 6.58. The molecule has 1 aromatic rings. The molecule has 0 unspecified atom stereocenters. The second-order valence-electron chi connectivity index (χ2n) is 4.39. The van der Waals surface area contributed by atoms with E-state index in [0.29, 0.717) is 23.0 Å². The van der Waals surface area contributed by atoms with Crippen molar-refractivity contribution < 1.29 is 9.53 Å². The number of benzene rings is 1. The topological polar surface area (TPSA) is 79.3 Å². The Hall–Kier alpha value is -2.22. The summed E-state index contributed by atoms with van der Waals surface area (Å²) in [7, 11) is 1.78. The second kappa shape index (κ2) is 4.96. The fraction of sp³-hybridized carbons (Fsp3) is 0.385. The Morgan fingerprint density at radius 1 is 1.61 bits per heavy atom. The Kier molecular flexibility index (Phi) is 3.38. The van der Waals surface area contributed by atoms with Gasteiger partial charge in [0.25, 0.3) is 5.91 Å². The third-order valence-corrected chi connectivity index (χ3v) is 2.98. The molecule has 2 N–H and O–H groups in total. The highest BCUT2D eigenvalue weighted by Crippen LogP contribution is 2.26. The van der Waals surface area contributed by atoms with Crippen molar-refractivity contribution in [2.24, 2.45) is 0 Å². The van der Waals surface area contributed by atoms with Crippen LogP contribution >= 0.6 is 0 Å². The number of nitriles is 1. The minimum absolute atomic E-state index is 0.0247. The molecule has 5 heteroatoms. The lowest BCUT2D eigenvalue weighted by Crippen LogP contribution is -2.33. The van der Waals surface area contributed by atoms with Crippen LogP contribution in [-0.2, 0) is 4.79 Å². The largest absolute Gasteiger partial charge is 0.482 e. The van der Waals surface area contributed by atoms with Gasteiger partial charge in [-0.05, 0) is 31.0 Å². The highest BCUT2D eigenvalue weighted by molar-refractivity contribution is 5.78. The van der Waals surface area contributed by atoms with Gasteiger partial charge in [0.1, 0.15) is 5.75 Å². The van der Waals surface area contributed by atoms with Gasteiger partial charge in [-0.15, -0.1) is 0 Å². The van der Waals surface area contributed by atoms with Gasteiger partial charge in [0.05, 0.1) is 17.3 Å². The van der Waals surface area contributed by atoms with E-state index in [1.165, 1.54) is 6.07 Å². The van der Waals surface area contributed by atoms with Crippen LogP contribution in [0.15, 0.2) is 18.2 Å². The van der Waals surface area contributed by atoms with E-state index in [1.807, 2.05) is 6.07 Å². The van der Waals surface area contributed by atoms with E-state index in [-0.39, 0.29) is 12.5 Å². The average molecular weight is 245 g/mol. The van der Waals surface area contributed by atoms with E-state index >= 15 is 0 Å². The molecule has 1 aliphatic carbocycles. The first-order valence-corrected chi connectivity index (χ1v) is 5.80. The second-order valence-corrected chi connectivity index (χ2v) is 4.39. The third-order valence-electron chi connectivity index (χ3n) is 2.98. The molecule has 1 aromatic carbocycles. The molecule has 18 heavy (non-hydrogen) atoms. The molecule has 0 atom stereocenters. The molecule has 94 valence electrons. The van der Waals surface area contributed by atoms with E-state index in [9.17, 15) is 4.79 Å². The van der Waals surface area contributed by atoms with Crippen LogP contribution in [0.2, 0.25) is 0 Å². The number of hydrogen-bond acceptors (Lipinski definition) is 4. The van der Waals surface area contributed by atoms with E-state index in [1.54, 1.807) is 24.1 Å². The van der Waals surface area contributed by atoms with Crippen molar-refractivity contribution in [1.29, 1.82) is 5.26 Å². The molecule has 0 radical (unpaired) electrons. The van der Waals surface area contributed by atoms with Crippen LogP contribution in [0.25, 0.3) is 0 Å². The van der Waals surface area contributed by atoms with Gasteiger partial charge in [0.15, 0.2) is 6.61 Å². The lowest BCUT2D eigenvalue weighted by atomic mass is 10.2. The summed E-state index contributed by atoms with van der Waals surface area (Å²) in [5, 5.41) is 8.70. The number of nitrogens with zero attached hydrogens (tertiary/aromatic N) is 2. The number of rotatable bonds is 4. The van der Waals surface area contributed by atoms with Crippen LogP contribution in [-0.4, -0.2) is 30.5 Å². The smallest absolute Gasteiger partial charge is 0.260 e. The minimum Gasteiger partial charge on any atom is -0.482 e. The molecular formula is C13H15N3O2. The van der Waals surface area contributed by atoms with Gasteiger partial charge in [-0.3, -0.25) is 4.79 Å². The standard InChI is InChI=1S/C13H15N3O2/c1-16(10-3-4-10)13(17)8-18-12-5-2-9(7-14)6-11(12)15/h2,5-6,10H,3-4,8,15H2,1H3. The van der Waals surface area contributed by atoms with Gasteiger partial charge >= 0.3 is 0 Å². The van der Waals surface area contributed by atoms with E-state index < -0.39 is 0 Å². The first kappa shape index (κ1) is 12.2. The van der Waals surface area contributed by atoms with E-state index in [4.69, 9.17) is 15.7 Å². The predicted molar refractivity (Wildman–Crippen MR) is 66.9 cm³/mol. The lowest BCUT2D eigenvalue weighted by Gasteiger charge is -2.17. The predicted octanol–water partition coefficient (Wildman–Crippen LogP) is 1.14. The van der Waals surface area contributed by atoms with Crippen molar-refractivity contribution in [3.8, 4) is 11.8 Å². The van der Waals surface area contributed by atoms with Crippen LogP contribution in [0.3, 0.4) is 0 Å². The summed E-state index contributed by atoms with van der Waals surface area (Å²) in [6.45, 7) is -0.0247. The van der Waals surface area contributed by atoms with Gasteiger partial charge in [0.2, 0.25) is 0 Å². The number of nitrogen functional groups attached to an aromatic ring is 1. The number of carbonyl (C=O) groups is 1. The molecule has 0 aliphatic heterocycles. The Morgan fingerprint density at radius 3 is 2.89 bits per heavy atom. The van der Waals surface area contributed by atoms with Crippen LogP contribution in [0.4, 0.5) is 5.69 Å². The fourth-order valence-electron chi connectivity index (χ4n) is 1.66. The minimum atomic E-state index is -0.0544. The molecule has 1 aliphatic rings. The SMILES string of the molecule is CN(C(=O)COc1ccc(C#N)cc1N)C1CC1. The quantitative estimate of drug-likeness (QED) is 0.807. The zero-order valence-corrected chi connectivity index (χ0v) is 10.2. The molecule has 0 aromatic heterocycles. The molecular weight excluding hydrogens is 230 g/mol. The molecule has 1 amide bonds. The van der Waals surface area contributed by atoms with Gasteiger partial charge in [0, 0.05) is 13.1 Å². The maximum atomic E-state index is 11.7. The molecule has 0 heterocycles. The average Bonchev–Trinajstić information content (AvgIpc) is 3.20. The van der Waals surface area contributed by atoms with Crippen LogP contribution in [0.5, 0.6) is 5.75 Å². The van der Waals surface area contributed by atoms with E-state index in [0.717, 1.165) is 12.8 Å². The molecule has 0 saturated heterocycles. The zero-order valence-electron chi connectivity index (χ0n) is 10.2. The van der Waals surface area contributed by atoms with Gasteiger partial charge < -0.3 is 15.4 Å². The van der Waals surface area contributed by atoms with Gasteiger partial charge in [-0.1, -0.05) is 0 Å². The first-order valence-electron chi connectivity index (χ1n) is 5.80. The zero-order chi connectivity index (χ0) is 13.1. The maximum Gasteiger partial charge on any atom is 0.260 e. The number of anilines is 1. The fourth-order valence-corrected chi connectivity index (χ4v) is 1.66. The number of ether oxygens (including phenoxy) is 1. The molecule has 1 saturated carbocycles. The maximum absolute atomic E-state index is 11.7. The number of carbonyl (C=O) groups excluding carboxylic acids is 1. The van der Waals surface area contributed by atoms with Gasteiger partial charge in [-0.2, -0.15) is 5.26 Å². The van der Waals surface area contributed by atoms with Crippen molar-refractivity contribution in [2.75, 3.05) is 19.4 Å². The van der Waals surface area contributed by atoms with Crippen LogP contribution in [0.1, 0.15) is 18.4 Å². The Bertz CT molecular complexity index is 503. The summed E-state index contributed by atoms with van der Waals surface area (Å²) < 4.78 is 5.37. The Morgan fingerprint density at radius 2 is 2.33 bits per heavy atom. The normalized spacial score (nSPS) is 13.8. The number of amides is 1. The Balaban J connectivity index is 1.93. The third kappa shape index (κ3) is 2.72. The molecule has 1 fully saturated rings.